The lowest BCUT2D eigenvalue weighted by molar-refractivity contribution is -0.115. The quantitative estimate of drug-likeness (QED) is 0.653. The van der Waals surface area contributed by atoms with Gasteiger partial charge in [0.15, 0.2) is 0 Å². The molecule has 2 N–H and O–H groups in total. The van der Waals surface area contributed by atoms with Crippen LogP contribution in [0.4, 0.5) is 17.2 Å². The Kier molecular flexibility index (Phi) is 5.79. The number of amides is 1. The van der Waals surface area contributed by atoms with Gasteiger partial charge in [0.05, 0.1) is 31.0 Å². The lowest BCUT2D eigenvalue weighted by atomic mass is 10.1. The van der Waals surface area contributed by atoms with E-state index in [9.17, 15) is 9.59 Å². The summed E-state index contributed by atoms with van der Waals surface area (Å²) in [5.74, 6) is -0.0433. The number of hydrogen-bond acceptors (Lipinski definition) is 5. The molecule has 1 amide bonds. The maximum atomic E-state index is 12.1. The highest BCUT2D eigenvalue weighted by atomic mass is 16.5. The van der Waals surface area contributed by atoms with Crippen LogP contribution < -0.4 is 10.6 Å². The largest absolute Gasteiger partial charge is 0.465 e. The van der Waals surface area contributed by atoms with Crippen LogP contribution >= 0.6 is 0 Å². The molecule has 0 fully saturated rings. The van der Waals surface area contributed by atoms with Crippen molar-refractivity contribution in [1.82, 2.24) is 4.98 Å². The predicted octanol–water partition coefficient (Wildman–Crippen LogP) is 3.79. The first kappa shape index (κ1) is 18.1. The van der Waals surface area contributed by atoms with E-state index in [1.807, 2.05) is 36.4 Å². The van der Waals surface area contributed by atoms with Crippen LogP contribution in [0.2, 0.25) is 0 Å². The van der Waals surface area contributed by atoms with E-state index in [4.69, 9.17) is 4.74 Å². The van der Waals surface area contributed by atoms with Crippen LogP contribution in [0.5, 0.6) is 0 Å². The molecule has 2 aromatic carbocycles. The number of benzene rings is 2. The Balaban J connectivity index is 1.60. The van der Waals surface area contributed by atoms with Crippen molar-refractivity contribution in [3.8, 4) is 0 Å². The van der Waals surface area contributed by atoms with Crippen molar-refractivity contribution >= 4 is 29.1 Å². The van der Waals surface area contributed by atoms with Crippen LogP contribution in [0.1, 0.15) is 15.9 Å². The minimum Gasteiger partial charge on any atom is -0.465 e. The third kappa shape index (κ3) is 5.15. The molecule has 0 saturated carbocycles. The summed E-state index contributed by atoms with van der Waals surface area (Å²) in [4.78, 5) is 27.9. The molecular formula is C21H19N3O3. The average Bonchev–Trinajstić information content (AvgIpc) is 2.70. The van der Waals surface area contributed by atoms with Gasteiger partial charge in [-0.05, 0) is 35.9 Å². The summed E-state index contributed by atoms with van der Waals surface area (Å²) < 4.78 is 4.72. The highest BCUT2D eigenvalue weighted by Crippen LogP contribution is 2.18. The van der Waals surface area contributed by atoms with E-state index in [1.165, 1.54) is 7.11 Å². The molecule has 0 radical (unpaired) electrons. The number of carbonyl (C=O) groups excluding carboxylic acids is 2. The average molecular weight is 361 g/mol. The van der Waals surface area contributed by atoms with Gasteiger partial charge in [-0.3, -0.25) is 4.79 Å². The molecule has 3 rings (SSSR count). The molecule has 136 valence electrons. The number of ether oxygens (including phenoxy) is 1. The summed E-state index contributed by atoms with van der Waals surface area (Å²) >= 11 is 0. The third-order valence-electron chi connectivity index (χ3n) is 3.81. The molecule has 0 aliphatic rings. The summed E-state index contributed by atoms with van der Waals surface area (Å²) in [7, 11) is 1.34. The number of anilines is 3. The molecule has 0 atom stereocenters. The maximum Gasteiger partial charge on any atom is 0.337 e. The molecule has 27 heavy (non-hydrogen) atoms. The zero-order valence-electron chi connectivity index (χ0n) is 14.8. The standard InChI is InChI=1S/C21H19N3O3/c1-27-21(26)16-8-5-9-17(13-16)23-18-10-11-19(22-14-18)24-20(25)12-15-6-3-2-4-7-15/h2-11,13-14,23H,12H2,1H3,(H,22,24,25). The number of esters is 1. The topological polar surface area (TPSA) is 80.3 Å². The molecule has 0 aliphatic carbocycles. The number of hydrogen-bond donors (Lipinski definition) is 2. The van der Waals surface area contributed by atoms with E-state index >= 15 is 0 Å². The van der Waals surface area contributed by atoms with Crippen molar-refractivity contribution in [2.24, 2.45) is 0 Å². The van der Waals surface area contributed by atoms with E-state index in [0.717, 1.165) is 16.9 Å². The maximum absolute atomic E-state index is 12.1. The molecule has 3 aromatic rings. The van der Waals surface area contributed by atoms with Crippen LogP contribution in [0.15, 0.2) is 72.9 Å². The predicted molar refractivity (Wildman–Crippen MR) is 104 cm³/mol. The molecule has 0 saturated heterocycles. The van der Waals surface area contributed by atoms with Gasteiger partial charge in [-0.25, -0.2) is 9.78 Å². The normalized spacial score (nSPS) is 10.1. The zero-order chi connectivity index (χ0) is 19.1. The van der Waals surface area contributed by atoms with Crippen LogP contribution in [0.3, 0.4) is 0 Å². The number of aromatic nitrogens is 1. The highest BCUT2D eigenvalue weighted by molar-refractivity contribution is 5.92. The Hall–Kier alpha value is -3.67. The first-order chi connectivity index (χ1) is 13.1. The molecule has 6 nitrogen and oxygen atoms in total. The van der Waals surface area contributed by atoms with Crippen LogP contribution in [0, 0.1) is 0 Å². The summed E-state index contributed by atoms with van der Waals surface area (Å²) in [6, 6.07) is 20.0. The van der Waals surface area contributed by atoms with Gasteiger partial charge in [0.25, 0.3) is 0 Å². The van der Waals surface area contributed by atoms with E-state index < -0.39 is 5.97 Å². The fourth-order valence-electron chi connectivity index (χ4n) is 2.52. The SMILES string of the molecule is COC(=O)c1cccc(Nc2ccc(NC(=O)Cc3ccccc3)nc2)c1. The minimum absolute atomic E-state index is 0.125. The van der Waals surface area contributed by atoms with Crippen molar-refractivity contribution in [1.29, 1.82) is 0 Å². The van der Waals surface area contributed by atoms with Crippen LogP contribution in [-0.4, -0.2) is 24.0 Å². The fourth-order valence-corrected chi connectivity index (χ4v) is 2.52. The Labute approximate surface area is 157 Å². The summed E-state index contributed by atoms with van der Waals surface area (Å²) in [6.07, 6.45) is 1.91. The first-order valence-electron chi connectivity index (χ1n) is 8.39. The third-order valence-corrected chi connectivity index (χ3v) is 3.81. The van der Waals surface area contributed by atoms with Gasteiger partial charge in [0.2, 0.25) is 5.91 Å². The Bertz CT molecular complexity index is 925. The first-order valence-corrected chi connectivity index (χ1v) is 8.39. The highest BCUT2D eigenvalue weighted by Gasteiger charge is 2.07. The lowest BCUT2D eigenvalue weighted by Gasteiger charge is -2.09. The van der Waals surface area contributed by atoms with Crippen molar-refractivity contribution in [3.63, 3.8) is 0 Å². The summed E-state index contributed by atoms with van der Waals surface area (Å²) in [5, 5.41) is 5.93. The molecule has 0 spiro atoms. The molecule has 1 heterocycles. The van der Waals surface area contributed by atoms with Crippen molar-refractivity contribution in [2.75, 3.05) is 17.7 Å². The fraction of sp³-hybridized carbons (Fsp3) is 0.0952. The van der Waals surface area contributed by atoms with Gasteiger partial charge in [-0.15, -0.1) is 0 Å². The Morgan fingerprint density at radius 1 is 0.963 bits per heavy atom. The van der Waals surface area contributed by atoms with Gasteiger partial charge < -0.3 is 15.4 Å². The second-order valence-electron chi connectivity index (χ2n) is 5.84. The molecule has 0 aliphatic heterocycles. The second kappa shape index (κ2) is 8.62. The smallest absolute Gasteiger partial charge is 0.337 e. The van der Waals surface area contributed by atoms with Gasteiger partial charge in [0, 0.05) is 5.69 Å². The van der Waals surface area contributed by atoms with Crippen molar-refractivity contribution in [2.45, 2.75) is 6.42 Å². The summed E-state index contributed by atoms with van der Waals surface area (Å²) in [5.41, 5.74) is 2.87. The molecule has 1 aromatic heterocycles. The van der Waals surface area contributed by atoms with Gasteiger partial charge in [-0.2, -0.15) is 0 Å². The number of nitrogens with one attached hydrogen (secondary N) is 2. The van der Waals surface area contributed by atoms with Gasteiger partial charge in [0.1, 0.15) is 5.82 Å². The number of carbonyl (C=O) groups is 2. The minimum atomic E-state index is -0.395. The van der Waals surface area contributed by atoms with Gasteiger partial charge >= 0.3 is 5.97 Å². The van der Waals surface area contributed by atoms with Gasteiger partial charge in [-0.1, -0.05) is 36.4 Å². The lowest BCUT2D eigenvalue weighted by Crippen LogP contribution is -2.15. The summed E-state index contributed by atoms with van der Waals surface area (Å²) in [6.45, 7) is 0. The van der Waals surface area contributed by atoms with Crippen LogP contribution in [0.25, 0.3) is 0 Å². The van der Waals surface area contributed by atoms with Crippen LogP contribution in [-0.2, 0) is 16.0 Å². The molecular weight excluding hydrogens is 342 g/mol. The van der Waals surface area contributed by atoms with E-state index in [1.54, 1.807) is 36.5 Å². The van der Waals surface area contributed by atoms with E-state index in [2.05, 4.69) is 15.6 Å². The number of nitrogens with zero attached hydrogens (tertiary/aromatic N) is 1. The molecule has 0 unspecified atom stereocenters. The number of pyridine rings is 1. The molecule has 6 heteroatoms. The second-order valence-corrected chi connectivity index (χ2v) is 5.84. The monoisotopic (exact) mass is 361 g/mol. The number of methoxy groups -OCH3 is 1. The Morgan fingerprint density at radius 2 is 1.78 bits per heavy atom. The van der Waals surface area contributed by atoms with E-state index in [0.29, 0.717) is 17.8 Å². The Morgan fingerprint density at radius 3 is 2.48 bits per heavy atom. The van der Waals surface area contributed by atoms with E-state index in [-0.39, 0.29) is 5.91 Å². The molecule has 0 bridgehead atoms. The van der Waals surface area contributed by atoms with Crippen molar-refractivity contribution in [3.05, 3.63) is 84.1 Å². The number of rotatable bonds is 6. The van der Waals surface area contributed by atoms with Crippen molar-refractivity contribution < 1.29 is 14.3 Å². The zero-order valence-corrected chi connectivity index (χ0v) is 14.8.